The second-order valence-corrected chi connectivity index (χ2v) is 6.21. The number of halogens is 1. The Bertz CT molecular complexity index is 537. The van der Waals surface area contributed by atoms with Crippen LogP contribution in [0.3, 0.4) is 0 Å². The molecule has 0 atom stereocenters. The van der Waals surface area contributed by atoms with E-state index in [1.807, 2.05) is 4.90 Å². The summed E-state index contributed by atoms with van der Waals surface area (Å²) in [4.78, 5) is 27.2. The molecule has 0 aliphatic carbocycles. The van der Waals surface area contributed by atoms with Crippen molar-refractivity contribution in [1.29, 1.82) is 0 Å². The van der Waals surface area contributed by atoms with Gasteiger partial charge in [-0.3, -0.25) is 4.79 Å². The fraction of sp³-hybridized carbons (Fsp3) is 0.529. The second kappa shape index (κ2) is 7.94. The number of carbonyl (C=O) groups is 2. The van der Waals surface area contributed by atoms with E-state index in [1.165, 1.54) is 12.1 Å². The van der Waals surface area contributed by atoms with Crippen LogP contribution in [0.5, 0.6) is 0 Å². The number of rotatable bonds is 4. The average molecular weight is 321 g/mol. The number of nitrogens with zero attached hydrogens (tertiary/aromatic N) is 2. The van der Waals surface area contributed by atoms with Gasteiger partial charge in [0.1, 0.15) is 5.82 Å². The molecule has 0 unspecified atom stereocenters. The lowest BCUT2D eigenvalue weighted by Crippen LogP contribution is -2.45. The highest BCUT2D eigenvalue weighted by Gasteiger charge is 2.23. The molecular formula is C17H24FN3O2. The van der Waals surface area contributed by atoms with E-state index >= 15 is 0 Å². The van der Waals surface area contributed by atoms with Gasteiger partial charge in [-0.1, -0.05) is 12.1 Å². The Morgan fingerprint density at radius 3 is 2.39 bits per heavy atom. The molecule has 5 nitrogen and oxygen atoms in total. The minimum absolute atomic E-state index is 0.0452. The van der Waals surface area contributed by atoms with E-state index in [4.69, 9.17) is 0 Å². The molecule has 0 bridgehead atoms. The average Bonchev–Trinajstić information content (AvgIpc) is 2.55. The summed E-state index contributed by atoms with van der Waals surface area (Å²) in [5.41, 5.74) is 0.801. The van der Waals surface area contributed by atoms with Crippen LogP contribution in [0, 0.1) is 11.7 Å². The van der Waals surface area contributed by atoms with E-state index in [0.29, 0.717) is 12.5 Å². The van der Waals surface area contributed by atoms with Gasteiger partial charge in [-0.2, -0.15) is 0 Å². The lowest BCUT2D eigenvalue weighted by molar-refractivity contribution is -0.120. The Labute approximate surface area is 136 Å². The van der Waals surface area contributed by atoms with Gasteiger partial charge >= 0.3 is 6.03 Å². The Hall–Kier alpha value is -2.11. The molecule has 2 rings (SSSR count). The number of benzene rings is 1. The van der Waals surface area contributed by atoms with Crippen molar-refractivity contribution in [2.45, 2.75) is 19.3 Å². The monoisotopic (exact) mass is 321 g/mol. The van der Waals surface area contributed by atoms with Crippen LogP contribution >= 0.6 is 0 Å². The van der Waals surface area contributed by atoms with Crippen molar-refractivity contribution in [2.75, 3.05) is 33.7 Å². The smallest absolute Gasteiger partial charge is 0.319 e. The summed E-state index contributed by atoms with van der Waals surface area (Å²) in [5.74, 6) is 0.0509. The molecule has 6 heteroatoms. The number of hydrogen-bond acceptors (Lipinski definition) is 2. The van der Waals surface area contributed by atoms with Crippen molar-refractivity contribution >= 4 is 11.9 Å². The van der Waals surface area contributed by atoms with E-state index in [2.05, 4.69) is 5.32 Å². The molecular weight excluding hydrogens is 297 g/mol. The first-order valence-electron chi connectivity index (χ1n) is 7.93. The standard InChI is InChI=1S/C17H24FN3O2/c1-20(2)17(23)21-9-7-14(8-10-21)12-19-16(22)11-13-3-5-15(18)6-4-13/h3-6,14H,7-12H2,1-2H3,(H,19,22). The fourth-order valence-electron chi connectivity index (χ4n) is 2.72. The minimum atomic E-state index is -0.298. The molecule has 1 fully saturated rings. The van der Waals surface area contributed by atoms with E-state index in [9.17, 15) is 14.0 Å². The lowest BCUT2D eigenvalue weighted by atomic mass is 9.97. The largest absolute Gasteiger partial charge is 0.356 e. The third-order valence-corrected chi connectivity index (χ3v) is 4.13. The van der Waals surface area contributed by atoms with Crippen LogP contribution in [0.15, 0.2) is 24.3 Å². The Morgan fingerprint density at radius 1 is 1.22 bits per heavy atom. The molecule has 0 radical (unpaired) electrons. The molecule has 23 heavy (non-hydrogen) atoms. The van der Waals surface area contributed by atoms with E-state index in [0.717, 1.165) is 31.5 Å². The molecule has 0 spiro atoms. The number of likely N-dealkylation sites (tertiary alicyclic amines) is 1. The van der Waals surface area contributed by atoms with Crippen LogP contribution in [-0.4, -0.2) is 55.5 Å². The molecule has 1 N–H and O–H groups in total. The highest BCUT2D eigenvalue weighted by molar-refractivity contribution is 5.78. The van der Waals surface area contributed by atoms with Crippen LogP contribution in [0.2, 0.25) is 0 Å². The first-order valence-corrected chi connectivity index (χ1v) is 7.93. The van der Waals surface area contributed by atoms with Gasteiger partial charge in [-0.25, -0.2) is 9.18 Å². The third kappa shape index (κ3) is 5.23. The number of hydrogen-bond donors (Lipinski definition) is 1. The second-order valence-electron chi connectivity index (χ2n) is 6.21. The third-order valence-electron chi connectivity index (χ3n) is 4.13. The Balaban J connectivity index is 1.69. The van der Waals surface area contributed by atoms with Gasteiger partial charge in [0.25, 0.3) is 0 Å². The lowest BCUT2D eigenvalue weighted by Gasteiger charge is -2.33. The van der Waals surface area contributed by atoms with Crippen molar-refractivity contribution in [3.63, 3.8) is 0 Å². The minimum Gasteiger partial charge on any atom is -0.356 e. The van der Waals surface area contributed by atoms with Crippen molar-refractivity contribution in [3.05, 3.63) is 35.6 Å². The highest BCUT2D eigenvalue weighted by Crippen LogP contribution is 2.17. The summed E-state index contributed by atoms with van der Waals surface area (Å²) in [6, 6.07) is 6.02. The Kier molecular flexibility index (Phi) is 5.96. The van der Waals surface area contributed by atoms with Gasteiger partial charge < -0.3 is 15.1 Å². The van der Waals surface area contributed by atoms with Crippen LogP contribution in [0.4, 0.5) is 9.18 Å². The molecule has 1 heterocycles. The number of amides is 3. The molecule has 0 aromatic heterocycles. The van der Waals surface area contributed by atoms with E-state index < -0.39 is 0 Å². The molecule has 126 valence electrons. The number of nitrogens with one attached hydrogen (secondary N) is 1. The highest BCUT2D eigenvalue weighted by atomic mass is 19.1. The van der Waals surface area contributed by atoms with Crippen LogP contribution < -0.4 is 5.32 Å². The van der Waals surface area contributed by atoms with Crippen LogP contribution in [-0.2, 0) is 11.2 Å². The van der Waals surface area contributed by atoms with Gasteiger partial charge in [-0.15, -0.1) is 0 Å². The van der Waals surface area contributed by atoms with Crippen LogP contribution in [0.1, 0.15) is 18.4 Å². The Morgan fingerprint density at radius 2 is 1.83 bits per heavy atom. The molecule has 0 saturated carbocycles. The first-order chi connectivity index (χ1) is 11.0. The zero-order chi connectivity index (χ0) is 16.8. The van der Waals surface area contributed by atoms with Gasteiger partial charge in [0, 0.05) is 33.7 Å². The van der Waals surface area contributed by atoms with Crippen LogP contribution in [0.25, 0.3) is 0 Å². The summed E-state index contributed by atoms with van der Waals surface area (Å²) < 4.78 is 12.8. The molecule has 1 aliphatic heterocycles. The quantitative estimate of drug-likeness (QED) is 0.920. The van der Waals surface area contributed by atoms with Crippen molar-refractivity contribution in [3.8, 4) is 0 Å². The topological polar surface area (TPSA) is 52.7 Å². The summed E-state index contributed by atoms with van der Waals surface area (Å²) in [7, 11) is 3.51. The molecule has 1 aromatic rings. The maximum Gasteiger partial charge on any atom is 0.319 e. The zero-order valence-electron chi connectivity index (χ0n) is 13.7. The summed E-state index contributed by atoms with van der Waals surface area (Å²) in [6.07, 6.45) is 2.06. The summed E-state index contributed by atoms with van der Waals surface area (Å²) in [6.45, 7) is 2.09. The normalized spacial score (nSPS) is 15.3. The predicted octanol–water partition coefficient (Wildman–Crippen LogP) is 1.88. The van der Waals surface area contributed by atoms with Crippen molar-refractivity contribution in [2.24, 2.45) is 5.92 Å². The number of piperidine rings is 1. The molecule has 1 saturated heterocycles. The van der Waals surface area contributed by atoms with Gasteiger partial charge in [0.2, 0.25) is 5.91 Å². The van der Waals surface area contributed by atoms with Crippen molar-refractivity contribution in [1.82, 2.24) is 15.1 Å². The van der Waals surface area contributed by atoms with Gasteiger partial charge in [-0.05, 0) is 36.5 Å². The van der Waals surface area contributed by atoms with E-state index in [-0.39, 0.29) is 24.2 Å². The summed E-state index contributed by atoms with van der Waals surface area (Å²) >= 11 is 0. The fourth-order valence-corrected chi connectivity index (χ4v) is 2.72. The summed E-state index contributed by atoms with van der Waals surface area (Å²) in [5, 5.41) is 2.94. The first kappa shape index (κ1) is 17.2. The maximum atomic E-state index is 12.8. The molecule has 1 aliphatic rings. The van der Waals surface area contributed by atoms with E-state index in [1.54, 1.807) is 31.1 Å². The maximum absolute atomic E-state index is 12.8. The van der Waals surface area contributed by atoms with Gasteiger partial charge in [0.05, 0.1) is 6.42 Å². The number of urea groups is 1. The molecule has 1 aromatic carbocycles. The SMILES string of the molecule is CN(C)C(=O)N1CCC(CNC(=O)Cc2ccc(F)cc2)CC1. The predicted molar refractivity (Wildman–Crippen MR) is 86.5 cm³/mol. The van der Waals surface area contributed by atoms with Crippen molar-refractivity contribution < 1.29 is 14.0 Å². The number of carbonyl (C=O) groups excluding carboxylic acids is 2. The van der Waals surface area contributed by atoms with Gasteiger partial charge in [0.15, 0.2) is 0 Å². The zero-order valence-corrected chi connectivity index (χ0v) is 13.7. The molecule has 3 amide bonds.